The first-order valence-corrected chi connectivity index (χ1v) is 8.23. The van der Waals surface area contributed by atoms with Crippen LogP contribution in [0.15, 0.2) is 40.9 Å². The molecule has 138 valence electrons. The molecule has 27 heavy (non-hydrogen) atoms. The van der Waals surface area contributed by atoms with E-state index in [2.05, 4.69) is 15.9 Å². The minimum atomic E-state index is -1.13. The third kappa shape index (κ3) is 5.05. The summed E-state index contributed by atoms with van der Waals surface area (Å²) >= 11 is 3.34. The van der Waals surface area contributed by atoms with Crippen LogP contribution < -0.4 is 9.47 Å². The number of hydrogen-bond donors (Lipinski definition) is 1. The third-order valence-electron chi connectivity index (χ3n) is 3.42. The van der Waals surface area contributed by atoms with Gasteiger partial charge >= 0.3 is 5.97 Å². The minimum Gasteiger partial charge on any atom is -0.493 e. The van der Waals surface area contributed by atoms with E-state index < -0.39 is 17.5 Å². The third-order valence-corrected chi connectivity index (χ3v) is 4.11. The van der Waals surface area contributed by atoms with Gasteiger partial charge in [-0.1, -0.05) is 28.1 Å². The number of nitro benzene ring substituents is 1. The van der Waals surface area contributed by atoms with Crippen LogP contribution in [0.5, 0.6) is 11.5 Å². The first-order chi connectivity index (χ1) is 12.8. The van der Waals surface area contributed by atoms with Gasteiger partial charge in [0.25, 0.3) is 5.69 Å². The molecule has 0 heterocycles. The van der Waals surface area contributed by atoms with Crippen molar-refractivity contribution in [1.82, 2.24) is 0 Å². The van der Waals surface area contributed by atoms with Crippen LogP contribution in [0.2, 0.25) is 0 Å². The molecule has 0 unspecified atom stereocenters. The predicted octanol–water partition coefficient (Wildman–Crippen LogP) is 3.89. The van der Waals surface area contributed by atoms with Crippen LogP contribution >= 0.6 is 15.9 Å². The average molecular weight is 433 g/mol. The van der Waals surface area contributed by atoms with E-state index in [1.54, 1.807) is 12.1 Å². The van der Waals surface area contributed by atoms with Gasteiger partial charge < -0.3 is 14.6 Å². The van der Waals surface area contributed by atoms with Gasteiger partial charge in [0.1, 0.15) is 0 Å². The number of hydrogen-bond acceptors (Lipinski definition) is 6. The van der Waals surface area contributed by atoms with Gasteiger partial charge in [0.05, 0.1) is 23.7 Å². The number of allylic oxidation sites excluding steroid dienone is 1. The Morgan fingerprint density at radius 1 is 1.37 bits per heavy atom. The summed E-state index contributed by atoms with van der Waals surface area (Å²) < 4.78 is 10.9. The van der Waals surface area contributed by atoms with E-state index in [1.165, 1.54) is 37.5 Å². The highest BCUT2D eigenvalue weighted by atomic mass is 79.9. The lowest BCUT2D eigenvalue weighted by molar-refractivity contribution is -0.384. The molecule has 0 saturated heterocycles. The smallest absolute Gasteiger partial charge is 0.341 e. The van der Waals surface area contributed by atoms with E-state index in [4.69, 9.17) is 14.6 Å². The van der Waals surface area contributed by atoms with Gasteiger partial charge in [-0.05, 0) is 29.3 Å². The molecule has 8 nitrogen and oxygen atoms in total. The second kappa shape index (κ2) is 8.82. The maximum atomic E-state index is 10.9. The molecule has 0 aliphatic carbocycles. The summed E-state index contributed by atoms with van der Waals surface area (Å²) in [6.45, 7) is -0.533. The molecular weight excluding hydrogens is 420 g/mol. The van der Waals surface area contributed by atoms with Gasteiger partial charge in [-0.3, -0.25) is 10.1 Å². The molecule has 0 aliphatic rings. The lowest BCUT2D eigenvalue weighted by Gasteiger charge is -2.12. The molecule has 2 rings (SSSR count). The highest BCUT2D eigenvalue weighted by Crippen LogP contribution is 2.35. The maximum Gasteiger partial charge on any atom is 0.341 e. The molecule has 0 spiro atoms. The topological polar surface area (TPSA) is 123 Å². The van der Waals surface area contributed by atoms with Crippen LogP contribution in [0.4, 0.5) is 5.69 Å². The SMILES string of the molecule is COc1cc(/C=C(/C#N)c2cccc([N+](=O)[O-])c2)c(Br)cc1OCC(=O)O. The van der Waals surface area contributed by atoms with Crippen molar-refractivity contribution in [3.8, 4) is 17.6 Å². The number of aliphatic carboxylic acids is 1. The molecule has 0 amide bonds. The first-order valence-electron chi connectivity index (χ1n) is 7.44. The Morgan fingerprint density at radius 3 is 2.70 bits per heavy atom. The van der Waals surface area contributed by atoms with Crippen LogP contribution in [0.3, 0.4) is 0 Å². The Bertz CT molecular complexity index is 965. The molecule has 0 fully saturated rings. The van der Waals surface area contributed by atoms with E-state index in [0.717, 1.165) is 0 Å². The van der Waals surface area contributed by atoms with E-state index in [9.17, 15) is 20.2 Å². The quantitative estimate of drug-likeness (QED) is 0.304. The molecule has 0 radical (unpaired) electrons. The van der Waals surface area contributed by atoms with Crippen molar-refractivity contribution in [3.05, 3.63) is 62.1 Å². The fraction of sp³-hybridized carbons (Fsp3) is 0.111. The molecule has 2 aromatic carbocycles. The summed E-state index contributed by atoms with van der Waals surface area (Å²) in [5.74, 6) is -0.630. The van der Waals surface area contributed by atoms with Crippen molar-refractivity contribution in [2.45, 2.75) is 0 Å². The molecule has 1 N–H and O–H groups in total. The molecule has 0 atom stereocenters. The van der Waals surface area contributed by atoms with Crippen molar-refractivity contribution >= 4 is 39.2 Å². The Labute approximate surface area is 162 Å². The van der Waals surface area contributed by atoms with Crippen LogP contribution in [0.1, 0.15) is 11.1 Å². The summed E-state index contributed by atoms with van der Waals surface area (Å²) in [6.07, 6.45) is 1.53. The first kappa shape index (κ1) is 19.9. The lowest BCUT2D eigenvalue weighted by atomic mass is 10.0. The summed E-state index contributed by atoms with van der Waals surface area (Å²) in [7, 11) is 1.40. The average Bonchev–Trinajstić information content (AvgIpc) is 2.65. The molecule has 9 heteroatoms. The number of ether oxygens (including phenoxy) is 2. The fourth-order valence-electron chi connectivity index (χ4n) is 2.20. The summed E-state index contributed by atoms with van der Waals surface area (Å²) in [6, 6.07) is 10.9. The summed E-state index contributed by atoms with van der Waals surface area (Å²) in [5, 5.41) is 29.1. The lowest BCUT2D eigenvalue weighted by Crippen LogP contribution is -2.10. The number of nitro groups is 1. The zero-order chi connectivity index (χ0) is 20.0. The molecule has 0 aromatic heterocycles. The monoisotopic (exact) mass is 432 g/mol. The number of benzene rings is 2. The Hall–Kier alpha value is -3.38. The van der Waals surface area contributed by atoms with E-state index in [0.29, 0.717) is 15.6 Å². The zero-order valence-corrected chi connectivity index (χ0v) is 15.6. The molecule has 0 aliphatic heterocycles. The van der Waals surface area contributed by atoms with Crippen LogP contribution in [-0.2, 0) is 4.79 Å². The number of methoxy groups -OCH3 is 1. The van der Waals surface area contributed by atoms with Gasteiger partial charge in [0, 0.05) is 16.6 Å². The second-order valence-corrected chi connectivity index (χ2v) is 6.04. The number of halogens is 1. The number of nitriles is 1. The van der Waals surface area contributed by atoms with Gasteiger partial charge in [-0.25, -0.2) is 4.79 Å². The fourth-order valence-corrected chi connectivity index (χ4v) is 2.63. The molecular formula is C18H13BrN2O6. The Kier molecular flexibility index (Phi) is 6.51. The van der Waals surface area contributed by atoms with Crippen molar-refractivity contribution in [1.29, 1.82) is 5.26 Å². The number of non-ortho nitro benzene ring substituents is 1. The van der Waals surface area contributed by atoms with Gasteiger partial charge in [0.2, 0.25) is 0 Å². The van der Waals surface area contributed by atoms with E-state index >= 15 is 0 Å². The minimum absolute atomic E-state index is 0.122. The highest BCUT2D eigenvalue weighted by molar-refractivity contribution is 9.10. The number of nitrogens with zero attached hydrogens (tertiary/aromatic N) is 2. The number of carboxylic acid groups (broad SMARTS) is 1. The highest BCUT2D eigenvalue weighted by Gasteiger charge is 2.13. The van der Waals surface area contributed by atoms with Crippen molar-refractivity contribution in [2.24, 2.45) is 0 Å². The van der Waals surface area contributed by atoms with E-state index in [1.807, 2.05) is 6.07 Å². The van der Waals surface area contributed by atoms with E-state index in [-0.39, 0.29) is 22.8 Å². The van der Waals surface area contributed by atoms with Crippen LogP contribution in [-0.4, -0.2) is 29.7 Å². The normalized spacial score (nSPS) is 10.8. The summed E-state index contributed by atoms with van der Waals surface area (Å²) in [5.41, 5.74) is 1.03. The zero-order valence-electron chi connectivity index (χ0n) is 14.0. The van der Waals surface area contributed by atoms with Crippen LogP contribution in [0, 0.1) is 21.4 Å². The van der Waals surface area contributed by atoms with Crippen molar-refractivity contribution in [2.75, 3.05) is 13.7 Å². The predicted molar refractivity (Wildman–Crippen MR) is 100 cm³/mol. The largest absolute Gasteiger partial charge is 0.493 e. The summed E-state index contributed by atoms with van der Waals surface area (Å²) in [4.78, 5) is 21.1. The van der Waals surface area contributed by atoms with Gasteiger partial charge in [0.15, 0.2) is 18.1 Å². The second-order valence-electron chi connectivity index (χ2n) is 5.18. The van der Waals surface area contributed by atoms with Crippen molar-refractivity contribution < 1.29 is 24.3 Å². The Morgan fingerprint density at radius 2 is 2.11 bits per heavy atom. The van der Waals surface area contributed by atoms with Gasteiger partial charge in [-0.2, -0.15) is 5.26 Å². The molecule has 0 saturated carbocycles. The number of rotatable bonds is 7. The standard InChI is InChI=1S/C18H13BrN2O6/c1-26-16-7-12(15(19)8-17(16)27-10-18(22)23)5-13(9-20)11-3-2-4-14(6-11)21(24)25/h2-8H,10H2,1H3,(H,22,23)/b13-5-. The maximum absolute atomic E-state index is 10.9. The molecule has 0 bridgehead atoms. The van der Waals surface area contributed by atoms with Crippen LogP contribution in [0.25, 0.3) is 11.6 Å². The molecule has 2 aromatic rings. The number of carbonyl (C=O) groups is 1. The Balaban J connectivity index is 2.46. The van der Waals surface area contributed by atoms with Gasteiger partial charge in [-0.15, -0.1) is 0 Å². The number of carboxylic acids is 1. The van der Waals surface area contributed by atoms with Crippen molar-refractivity contribution in [3.63, 3.8) is 0 Å².